The van der Waals surface area contributed by atoms with Crippen LogP contribution in [0.4, 0.5) is 0 Å². The van der Waals surface area contributed by atoms with Crippen LogP contribution in [0.2, 0.25) is 0 Å². The van der Waals surface area contributed by atoms with Gasteiger partial charge in [0.2, 0.25) is 0 Å². The number of ether oxygens (including phenoxy) is 1. The molecule has 0 aromatic heterocycles. The van der Waals surface area contributed by atoms with E-state index in [1.807, 2.05) is 6.92 Å². The van der Waals surface area contributed by atoms with Crippen molar-refractivity contribution in [2.45, 2.75) is 6.92 Å². The Bertz CT molecular complexity index is 368. The summed E-state index contributed by atoms with van der Waals surface area (Å²) in [6.45, 7) is 5.63. The molecule has 0 saturated carbocycles. The third kappa shape index (κ3) is 6.77. The van der Waals surface area contributed by atoms with Crippen molar-refractivity contribution >= 4 is 23.9 Å². The lowest BCUT2D eigenvalue weighted by atomic mass is 10.3. The van der Waals surface area contributed by atoms with Crippen LogP contribution in [0.1, 0.15) is 6.92 Å². The Morgan fingerprint density at radius 3 is 2.76 bits per heavy atom. The predicted molar refractivity (Wildman–Crippen MR) is 71.4 cm³/mol. The molecule has 0 aliphatic rings. The first kappa shape index (κ1) is 14.8. The van der Waals surface area contributed by atoms with E-state index in [2.05, 4.69) is 22.1 Å². The molecule has 3 N–H and O–H groups in total. The highest BCUT2D eigenvalue weighted by Gasteiger charge is 2.00. The largest absolute Gasteiger partial charge is 0.495 e. The zero-order chi connectivity index (χ0) is 13.1. The van der Waals surface area contributed by atoms with Gasteiger partial charge in [-0.05, 0) is 6.92 Å². The van der Waals surface area contributed by atoms with Crippen molar-refractivity contribution in [1.29, 1.82) is 10.8 Å². The van der Waals surface area contributed by atoms with E-state index < -0.39 is 0 Å². The first-order chi connectivity index (χ1) is 8.15. The van der Waals surface area contributed by atoms with E-state index in [9.17, 15) is 0 Å². The van der Waals surface area contributed by atoms with Crippen LogP contribution in [-0.4, -0.2) is 37.5 Å². The molecule has 0 rings (SSSR count). The minimum atomic E-state index is 0.218. The van der Waals surface area contributed by atoms with E-state index in [4.69, 9.17) is 15.6 Å². The van der Waals surface area contributed by atoms with Crippen LogP contribution >= 0.6 is 0 Å². The van der Waals surface area contributed by atoms with Crippen molar-refractivity contribution in [3.63, 3.8) is 0 Å². The molecule has 0 aliphatic carbocycles. The Labute approximate surface area is 101 Å². The summed E-state index contributed by atoms with van der Waals surface area (Å²) in [6, 6.07) is 0. The van der Waals surface area contributed by atoms with Crippen LogP contribution < -0.4 is 5.43 Å². The van der Waals surface area contributed by atoms with Gasteiger partial charge in [-0.15, -0.1) is 0 Å². The van der Waals surface area contributed by atoms with Crippen molar-refractivity contribution in [3.05, 3.63) is 24.6 Å². The van der Waals surface area contributed by atoms with Crippen LogP contribution in [0.15, 0.2) is 34.7 Å². The highest BCUT2D eigenvalue weighted by Crippen LogP contribution is 1.91. The molecule has 0 fully saturated rings. The number of hydrazone groups is 1. The molecule has 0 bridgehead atoms. The van der Waals surface area contributed by atoms with E-state index in [-0.39, 0.29) is 18.0 Å². The number of allylic oxidation sites excluding steroid dienone is 2. The fourth-order valence-electron chi connectivity index (χ4n) is 0.754. The summed E-state index contributed by atoms with van der Waals surface area (Å²) in [5.74, 6) is 0.293. The molecule has 0 saturated heterocycles. The van der Waals surface area contributed by atoms with Gasteiger partial charge in [0.15, 0.2) is 0 Å². The van der Waals surface area contributed by atoms with Crippen LogP contribution in [-0.2, 0) is 4.74 Å². The van der Waals surface area contributed by atoms with Crippen LogP contribution in [0.5, 0.6) is 0 Å². The zero-order valence-corrected chi connectivity index (χ0v) is 10.0. The second-order valence-corrected chi connectivity index (χ2v) is 2.89. The summed E-state index contributed by atoms with van der Waals surface area (Å²) in [6.07, 6.45) is 5.80. The van der Waals surface area contributed by atoms with Gasteiger partial charge >= 0.3 is 0 Å². The van der Waals surface area contributed by atoms with Gasteiger partial charge in [0.05, 0.1) is 19.4 Å². The zero-order valence-electron chi connectivity index (χ0n) is 10.0. The summed E-state index contributed by atoms with van der Waals surface area (Å²) < 4.78 is 4.83. The molecule has 6 nitrogen and oxygen atoms in total. The van der Waals surface area contributed by atoms with Crippen molar-refractivity contribution in [2.24, 2.45) is 10.1 Å². The Balaban J connectivity index is 4.19. The second-order valence-electron chi connectivity index (χ2n) is 2.89. The second kappa shape index (κ2) is 9.02. The molecule has 0 aromatic carbocycles. The van der Waals surface area contributed by atoms with E-state index in [0.717, 1.165) is 6.21 Å². The van der Waals surface area contributed by atoms with E-state index >= 15 is 0 Å². The molecule has 17 heavy (non-hydrogen) atoms. The lowest BCUT2D eigenvalue weighted by Crippen LogP contribution is -2.21. The average molecular weight is 235 g/mol. The van der Waals surface area contributed by atoms with Gasteiger partial charge in [0.1, 0.15) is 11.5 Å². The highest BCUT2D eigenvalue weighted by molar-refractivity contribution is 6.36. The minimum Gasteiger partial charge on any atom is -0.495 e. The molecule has 6 heteroatoms. The normalized spacial score (nSPS) is 11.8. The first-order valence-corrected chi connectivity index (χ1v) is 4.91. The Hall–Kier alpha value is -2.24. The maximum Gasteiger partial charge on any atom is 0.142 e. The monoisotopic (exact) mass is 235 g/mol. The standard InChI is InChI=1S/C11H17N5O/c1-4-5-14-7-10(13)8-15-16-11(6-12)9(2)17-3/h4-7,12-13,15H,2,8H2,1,3H3/b5-4-,12-6?,13-10?,14-7-,16-11+. The summed E-state index contributed by atoms with van der Waals surface area (Å²) in [4.78, 5) is 3.85. The average Bonchev–Trinajstić information content (AvgIpc) is 2.34. The fourth-order valence-corrected chi connectivity index (χ4v) is 0.754. The highest BCUT2D eigenvalue weighted by atomic mass is 16.5. The molecule has 0 heterocycles. The van der Waals surface area contributed by atoms with Gasteiger partial charge in [-0.25, -0.2) is 0 Å². The van der Waals surface area contributed by atoms with Crippen molar-refractivity contribution in [1.82, 2.24) is 5.43 Å². The number of nitrogens with one attached hydrogen (secondary N) is 3. The fraction of sp³-hybridized carbons (Fsp3) is 0.273. The molecular weight excluding hydrogens is 218 g/mol. The lowest BCUT2D eigenvalue weighted by Gasteiger charge is -2.04. The molecular formula is C11H17N5O. The molecule has 0 radical (unpaired) electrons. The van der Waals surface area contributed by atoms with Gasteiger partial charge in [0, 0.05) is 18.6 Å². The molecule has 92 valence electrons. The summed E-state index contributed by atoms with van der Waals surface area (Å²) in [5.41, 5.74) is 3.19. The van der Waals surface area contributed by atoms with Crippen molar-refractivity contribution in [2.75, 3.05) is 13.7 Å². The maximum atomic E-state index is 7.49. The number of hydrogen-bond donors (Lipinski definition) is 3. The predicted octanol–water partition coefficient (Wildman–Crippen LogP) is 1.37. The summed E-state index contributed by atoms with van der Waals surface area (Å²) in [5, 5.41) is 18.4. The molecule has 0 aromatic rings. The molecule has 0 amide bonds. The van der Waals surface area contributed by atoms with Gasteiger partial charge in [-0.2, -0.15) is 5.10 Å². The van der Waals surface area contributed by atoms with Crippen LogP contribution in [0.25, 0.3) is 0 Å². The van der Waals surface area contributed by atoms with Gasteiger partial charge < -0.3 is 21.0 Å². The smallest absolute Gasteiger partial charge is 0.142 e. The number of methoxy groups -OCH3 is 1. The Morgan fingerprint density at radius 1 is 1.53 bits per heavy atom. The van der Waals surface area contributed by atoms with Gasteiger partial charge in [-0.1, -0.05) is 12.7 Å². The first-order valence-electron chi connectivity index (χ1n) is 4.91. The summed E-state index contributed by atoms with van der Waals surface area (Å²) >= 11 is 0. The lowest BCUT2D eigenvalue weighted by molar-refractivity contribution is 0.317. The number of hydrogen-bond acceptors (Lipinski definition) is 6. The van der Waals surface area contributed by atoms with Crippen LogP contribution in [0, 0.1) is 10.8 Å². The maximum absolute atomic E-state index is 7.49. The third-order valence-corrected chi connectivity index (χ3v) is 1.60. The quantitative estimate of drug-likeness (QED) is 0.336. The van der Waals surface area contributed by atoms with E-state index in [1.165, 1.54) is 13.3 Å². The Kier molecular flexibility index (Phi) is 7.83. The topological polar surface area (TPSA) is 93.7 Å². The van der Waals surface area contributed by atoms with E-state index in [1.54, 1.807) is 12.3 Å². The molecule has 0 aliphatic heterocycles. The third-order valence-electron chi connectivity index (χ3n) is 1.60. The van der Waals surface area contributed by atoms with Crippen molar-refractivity contribution < 1.29 is 4.74 Å². The van der Waals surface area contributed by atoms with Crippen LogP contribution in [0.3, 0.4) is 0 Å². The molecule has 0 atom stereocenters. The SMILES string of the molecule is C=C(OC)/C(C=N)=N/NCC(=N)/C=N\C=C/C. The van der Waals surface area contributed by atoms with Crippen molar-refractivity contribution in [3.8, 4) is 0 Å². The summed E-state index contributed by atoms with van der Waals surface area (Å²) in [7, 11) is 1.45. The number of nitrogens with zero attached hydrogens (tertiary/aromatic N) is 2. The minimum absolute atomic E-state index is 0.218. The molecule has 0 spiro atoms. The number of rotatable bonds is 8. The van der Waals surface area contributed by atoms with Gasteiger partial charge in [-0.3, -0.25) is 4.99 Å². The molecule has 0 unspecified atom stereocenters. The Morgan fingerprint density at radius 2 is 2.24 bits per heavy atom. The number of aliphatic imine (C=N–C) groups is 1. The van der Waals surface area contributed by atoms with Gasteiger partial charge in [0.25, 0.3) is 0 Å². The van der Waals surface area contributed by atoms with E-state index in [0.29, 0.717) is 5.76 Å².